The van der Waals surface area contributed by atoms with Gasteiger partial charge in [-0.05, 0) is 37.2 Å². The van der Waals surface area contributed by atoms with Crippen LogP contribution >= 0.6 is 0 Å². The fraction of sp³-hybridized carbons (Fsp3) is 0.588. The van der Waals surface area contributed by atoms with Crippen molar-refractivity contribution in [3.63, 3.8) is 0 Å². The molecule has 1 amide bonds. The molecular formula is C17H23NO. The van der Waals surface area contributed by atoms with Crippen molar-refractivity contribution < 1.29 is 4.79 Å². The lowest BCUT2D eigenvalue weighted by molar-refractivity contribution is -0.145. The Morgan fingerprint density at radius 2 is 1.95 bits per heavy atom. The number of rotatable bonds is 2. The van der Waals surface area contributed by atoms with E-state index in [1.54, 1.807) is 0 Å². The molecule has 1 saturated heterocycles. The summed E-state index contributed by atoms with van der Waals surface area (Å²) >= 11 is 0. The average molecular weight is 257 g/mol. The highest BCUT2D eigenvalue weighted by Gasteiger charge is 2.48. The lowest BCUT2D eigenvalue weighted by Gasteiger charge is -2.48. The predicted molar refractivity (Wildman–Crippen MR) is 76.6 cm³/mol. The zero-order chi connectivity index (χ0) is 13.3. The minimum absolute atomic E-state index is 0.158. The van der Waals surface area contributed by atoms with Gasteiger partial charge in [-0.3, -0.25) is 4.79 Å². The Morgan fingerprint density at radius 3 is 2.63 bits per heavy atom. The van der Waals surface area contributed by atoms with Crippen molar-refractivity contribution in [2.75, 3.05) is 0 Å². The lowest BCUT2D eigenvalue weighted by Crippen LogP contribution is -2.55. The van der Waals surface area contributed by atoms with E-state index < -0.39 is 0 Å². The van der Waals surface area contributed by atoms with Gasteiger partial charge in [-0.15, -0.1) is 0 Å². The summed E-state index contributed by atoms with van der Waals surface area (Å²) in [5.41, 5.74) is 1.42. The van der Waals surface area contributed by atoms with Crippen LogP contribution in [0.3, 0.4) is 0 Å². The monoisotopic (exact) mass is 257 g/mol. The molecule has 1 aliphatic carbocycles. The van der Waals surface area contributed by atoms with Crippen molar-refractivity contribution in [3.05, 3.63) is 35.9 Å². The van der Waals surface area contributed by atoms with Gasteiger partial charge in [0.15, 0.2) is 0 Å². The van der Waals surface area contributed by atoms with Gasteiger partial charge in [-0.25, -0.2) is 0 Å². The van der Waals surface area contributed by atoms with Crippen molar-refractivity contribution in [3.8, 4) is 0 Å². The summed E-state index contributed by atoms with van der Waals surface area (Å²) in [7, 11) is 0. The van der Waals surface area contributed by atoms with E-state index in [1.165, 1.54) is 31.2 Å². The first-order valence-corrected chi connectivity index (χ1v) is 7.57. The Balaban J connectivity index is 1.88. The number of benzene rings is 1. The van der Waals surface area contributed by atoms with Crippen LogP contribution in [0.2, 0.25) is 0 Å². The number of carbonyl (C=O) groups is 1. The maximum absolute atomic E-state index is 12.4. The number of likely N-dealkylation sites (tertiary alicyclic amines) is 1. The van der Waals surface area contributed by atoms with Crippen LogP contribution in [-0.4, -0.2) is 16.3 Å². The molecule has 1 aromatic rings. The van der Waals surface area contributed by atoms with Gasteiger partial charge in [0, 0.05) is 18.5 Å². The van der Waals surface area contributed by atoms with E-state index >= 15 is 0 Å². The van der Waals surface area contributed by atoms with Gasteiger partial charge in [0.05, 0.1) is 0 Å². The van der Waals surface area contributed by atoms with E-state index in [-0.39, 0.29) is 5.54 Å². The van der Waals surface area contributed by atoms with E-state index in [1.807, 2.05) is 6.07 Å². The molecule has 0 aromatic heterocycles. The Kier molecular flexibility index (Phi) is 3.34. The van der Waals surface area contributed by atoms with E-state index in [2.05, 4.69) is 36.1 Å². The van der Waals surface area contributed by atoms with Gasteiger partial charge in [0.1, 0.15) is 0 Å². The standard InChI is InChI=1S/C17H23NO/c1-14-7-5-11-17(14)12-6-10-16(19)18(17)13-15-8-3-2-4-9-15/h2-4,8-9,14H,5-7,10-13H2,1H3/t14-,17+/m0/s1. The van der Waals surface area contributed by atoms with Gasteiger partial charge in [-0.2, -0.15) is 0 Å². The first-order valence-electron chi connectivity index (χ1n) is 7.57. The number of amides is 1. The van der Waals surface area contributed by atoms with Gasteiger partial charge in [0.25, 0.3) is 0 Å². The van der Waals surface area contributed by atoms with E-state index in [0.29, 0.717) is 11.8 Å². The fourth-order valence-electron chi connectivity index (χ4n) is 4.08. The zero-order valence-corrected chi connectivity index (χ0v) is 11.8. The molecule has 1 spiro atoms. The highest BCUT2D eigenvalue weighted by Crippen LogP contribution is 2.46. The van der Waals surface area contributed by atoms with E-state index in [0.717, 1.165) is 19.4 Å². The summed E-state index contributed by atoms with van der Waals surface area (Å²) < 4.78 is 0. The summed E-state index contributed by atoms with van der Waals surface area (Å²) in [6, 6.07) is 10.4. The maximum atomic E-state index is 12.4. The Bertz CT molecular complexity index is 456. The number of piperidine rings is 1. The van der Waals surface area contributed by atoms with Crippen molar-refractivity contribution in [2.24, 2.45) is 5.92 Å². The summed E-state index contributed by atoms with van der Waals surface area (Å²) in [6.07, 6.45) is 6.77. The van der Waals surface area contributed by atoms with Crippen LogP contribution in [0.1, 0.15) is 51.0 Å². The molecule has 1 saturated carbocycles. The van der Waals surface area contributed by atoms with Crippen LogP contribution in [-0.2, 0) is 11.3 Å². The van der Waals surface area contributed by atoms with Crippen LogP contribution in [0.5, 0.6) is 0 Å². The topological polar surface area (TPSA) is 20.3 Å². The fourth-order valence-corrected chi connectivity index (χ4v) is 4.08. The highest BCUT2D eigenvalue weighted by molar-refractivity contribution is 5.78. The molecule has 1 heterocycles. The minimum Gasteiger partial charge on any atom is -0.332 e. The Labute approximate surface area is 115 Å². The molecular weight excluding hydrogens is 234 g/mol. The third-order valence-electron chi connectivity index (χ3n) is 5.19. The molecule has 2 aliphatic rings. The van der Waals surface area contributed by atoms with E-state index in [4.69, 9.17) is 0 Å². The highest BCUT2D eigenvalue weighted by atomic mass is 16.2. The predicted octanol–water partition coefficient (Wildman–Crippen LogP) is 3.76. The van der Waals surface area contributed by atoms with Crippen molar-refractivity contribution >= 4 is 5.91 Å². The van der Waals surface area contributed by atoms with Crippen LogP contribution in [0.4, 0.5) is 0 Å². The van der Waals surface area contributed by atoms with Gasteiger partial charge in [0.2, 0.25) is 5.91 Å². The minimum atomic E-state index is 0.158. The quantitative estimate of drug-likeness (QED) is 0.790. The Morgan fingerprint density at radius 1 is 1.21 bits per heavy atom. The van der Waals surface area contributed by atoms with Gasteiger partial charge in [-0.1, -0.05) is 43.7 Å². The second-order valence-corrected chi connectivity index (χ2v) is 6.22. The van der Waals surface area contributed by atoms with E-state index in [9.17, 15) is 4.79 Å². The average Bonchev–Trinajstić information content (AvgIpc) is 2.78. The molecule has 3 rings (SSSR count). The number of carbonyl (C=O) groups excluding carboxylic acids is 1. The number of hydrogen-bond donors (Lipinski definition) is 0. The molecule has 0 unspecified atom stereocenters. The molecule has 1 aliphatic heterocycles. The molecule has 0 bridgehead atoms. The van der Waals surface area contributed by atoms with Gasteiger partial charge >= 0.3 is 0 Å². The van der Waals surface area contributed by atoms with Crippen molar-refractivity contribution in [1.29, 1.82) is 0 Å². The molecule has 2 fully saturated rings. The van der Waals surface area contributed by atoms with Crippen LogP contribution < -0.4 is 0 Å². The molecule has 2 nitrogen and oxygen atoms in total. The lowest BCUT2D eigenvalue weighted by atomic mass is 9.78. The smallest absolute Gasteiger partial charge is 0.223 e. The molecule has 1 aromatic carbocycles. The third-order valence-corrected chi connectivity index (χ3v) is 5.19. The molecule has 0 N–H and O–H groups in total. The van der Waals surface area contributed by atoms with Crippen LogP contribution in [0, 0.1) is 5.92 Å². The number of hydrogen-bond acceptors (Lipinski definition) is 1. The second kappa shape index (κ2) is 4.99. The molecule has 2 atom stereocenters. The second-order valence-electron chi connectivity index (χ2n) is 6.22. The summed E-state index contributed by atoms with van der Waals surface area (Å²) in [5, 5.41) is 0. The Hall–Kier alpha value is -1.31. The summed E-state index contributed by atoms with van der Waals surface area (Å²) in [5.74, 6) is 1.02. The van der Waals surface area contributed by atoms with Crippen LogP contribution in [0.25, 0.3) is 0 Å². The zero-order valence-electron chi connectivity index (χ0n) is 11.8. The van der Waals surface area contributed by atoms with Gasteiger partial charge < -0.3 is 4.90 Å². The largest absolute Gasteiger partial charge is 0.332 e. The maximum Gasteiger partial charge on any atom is 0.223 e. The summed E-state index contributed by atoms with van der Waals surface area (Å²) in [6.45, 7) is 3.13. The first-order chi connectivity index (χ1) is 9.22. The molecule has 2 heteroatoms. The molecule has 19 heavy (non-hydrogen) atoms. The number of nitrogens with zero attached hydrogens (tertiary/aromatic N) is 1. The molecule has 102 valence electrons. The normalized spacial score (nSPS) is 31.1. The van der Waals surface area contributed by atoms with Crippen LogP contribution in [0.15, 0.2) is 30.3 Å². The third kappa shape index (κ3) is 2.18. The molecule has 0 radical (unpaired) electrons. The van der Waals surface area contributed by atoms with Crippen molar-refractivity contribution in [1.82, 2.24) is 4.90 Å². The van der Waals surface area contributed by atoms with Crippen molar-refractivity contribution in [2.45, 2.75) is 57.5 Å². The SMILES string of the molecule is C[C@H]1CCC[C@@]12CCCC(=O)N2Cc1ccccc1. The first kappa shape index (κ1) is 12.7. The summed E-state index contributed by atoms with van der Waals surface area (Å²) in [4.78, 5) is 14.6.